The van der Waals surface area contributed by atoms with E-state index in [0.717, 1.165) is 5.52 Å². The topological polar surface area (TPSA) is 55.1 Å². The molecular weight excluding hydrogens is 243 g/mol. The summed E-state index contributed by atoms with van der Waals surface area (Å²) in [5.41, 5.74) is 1.05. The van der Waals surface area contributed by atoms with Crippen molar-refractivity contribution in [1.82, 2.24) is 9.55 Å². The molecule has 0 fully saturated rings. The van der Waals surface area contributed by atoms with Crippen molar-refractivity contribution in [3.63, 3.8) is 0 Å². The Morgan fingerprint density at radius 2 is 2.35 bits per heavy atom. The second-order valence-electron chi connectivity index (χ2n) is 3.58. The Kier molecular flexibility index (Phi) is 3.33. The minimum absolute atomic E-state index is 0.0195. The van der Waals surface area contributed by atoms with Crippen molar-refractivity contribution >= 4 is 28.8 Å². The monoisotopic (exact) mass is 254 g/mol. The van der Waals surface area contributed by atoms with Crippen LogP contribution in [0.5, 0.6) is 0 Å². The normalized spacial score (nSPS) is 10.9. The summed E-state index contributed by atoms with van der Waals surface area (Å²) in [4.78, 5) is 14.6. The van der Waals surface area contributed by atoms with Crippen LogP contribution in [0, 0.1) is 5.82 Å². The average molecular weight is 254 g/mol. The number of para-hydroxylation sites is 1. The third kappa shape index (κ3) is 2.41. The van der Waals surface area contributed by atoms with Crippen molar-refractivity contribution in [2.45, 2.75) is 5.75 Å². The fourth-order valence-electron chi connectivity index (χ4n) is 1.59. The van der Waals surface area contributed by atoms with Crippen molar-refractivity contribution in [2.24, 2.45) is 7.05 Å². The molecule has 0 aliphatic heterocycles. The Labute approximate surface area is 101 Å². The molecule has 0 atom stereocenters. The Morgan fingerprint density at radius 1 is 1.59 bits per heavy atom. The number of nitrogens with zero attached hydrogens (tertiary/aromatic N) is 2. The zero-order chi connectivity index (χ0) is 12.4. The lowest BCUT2D eigenvalue weighted by Crippen LogP contribution is -2.01. The summed E-state index contributed by atoms with van der Waals surface area (Å²) in [6.07, 6.45) is 0. The number of hydrogen-bond acceptors (Lipinski definition) is 3. The summed E-state index contributed by atoms with van der Waals surface area (Å²) in [6.45, 7) is 0. The van der Waals surface area contributed by atoms with Gasteiger partial charge in [0.25, 0.3) is 0 Å². The molecule has 0 unspecified atom stereocenters. The second-order valence-corrected chi connectivity index (χ2v) is 4.57. The number of imidazole rings is 1. The molecule has 0 spiro atoms. The number of thioether (sulfide) groups is 1. The van der Waals surface area contributed by atoms with Gasteiger partial charge in [0.1, 0.15) is 11.3 Å². The predicted molar refractivity (Wildman–Crippen MR) is 64.5 cm³/mol. The molecule has 90 valence electrons. The van der Waals surface area contributed by atoms with E-state index in [0.29, 0.717) is 17.1 Å². The number of hydrogen-bond donors (Lipinski definition) is 1. The molecule has 1 N–H and O–H groups in total. The van der Waals surface area contributed by atoms with E-state index in [-0.39, 0.29) is 11.6 Å². The molecule has 0 aliphatic carbocycles. The van der Waals surface area contributed by atoms with Crippen LogP contribution >= 0.6 is 11.8 Å². The summed E-state index contributed by atoms with van der Waals surface area (Å²) in [6, 6.07) is 4.79. The molecule has 0 saturated heterocycles. The Morgan fingerprint density at radius 3 is 3.00 bits per heavy atom. The van der Waals surface area contributed by atoms with Crippen molar-refractivity contribution in [1.29, 1.82) is 0 Å². The van der Waals surface area contributed by atoms with Crippen molar-refractivity contribution in [3.05, 3.63) is 29.8 Å². The van der Waals surface area contributed by atoms with Gasteiger partial charge in [-0.05, 0) is 12.1 Å². The molecule has 0 saturated carbocycles. The van der Waals surface area contributed by atoms with E-state index in [1.54, 1.807) is 23.7 Å². The van der Waals surface area contributed by atoms with Gasteiger partial charge in [0, 0.05) is 7.05 Å². The lowest BCUT2D eigenvalue weighted by Gasteiger charge is -2.00. The number of fused-ring (bicyclic) bond motifs is 1. The molecule has 0 radical (unpaired) electrons. The highest BCUT2D eigenvalue weighted by atomic mass is 32.2. The van der Waals surface area contributed by atoms with E-state index in [1.807, 2.05) is 0 Å². The van der Waals surface area contributed by atoms with Crippen LogP contribution in [0.1, 0.15) is 5.82 Å². The van der Waals surface area contributed by atoms with Crippen LogP contribution in [0.15, 0.2) is 18.2 Å². The molecule has 1 aromatic carbocycles. The minimum atomic E-state index is -0.861. The van der Waals surface area contributed by atoms with Crippen molar-refractivity contribution in [3.8, 4) is 0 Å². The second kappa shape index (κ2) is 4.75. The summed E-state index contributed by atoms with van der Waals surface area (Å²) in [5, 5.41) is 8.54. The van der Waals surface area contributed by atoms with Gasteiger partial charge < -0.3 is 9.67 Å². The number of carboxylic acids is 1. The molecule has 4 nitrogen and oxygen atoms in total. The maximum absolute atomic E-state index is 13.5. The molecule has 1 aromatic heterocycles. The lowest BCUT2D eigenvalue weighted by molar-refractivity contribution is -0.133. The lowest BCUT2D eigenvalue weighted by atomic mass is 10.3. The van der Waals surface area contributed by atoms with Gasteiger partial charge >= 0.3 is 5.97 Å². The minimum Gasteiger partial charge on any atom is -0.481 e. The molecular formula is C11H11FN2O2S. The number of rotatable bonds is 4. The summed E-state index contributed by atoms with van der Waals surface area (Å²) in [7, 11) is 1.80. The van der Waals surface area contributed by atoms with E-state index >= 15 is 0 Å². The highest BCUT2D eigenvalue weighted by molar-refractivity contribution is 7.99. The summed E-state index contributed by atoms with van der Waals surface area (Å²) >= 11 is 1.24. The predicted octanol–water partition coefficient (Wildman–Crippen LogP) is 2.03. The zero-order valence-corrected chi connectivity index (χ0v) is 10.00. The molecule has 1 heterocycles. The van der Waals surface area contributed by atoms with E-state index in [2.05, 4.69) is 4.98 Å². The SMILES string of the molecule is Cn1c(CSCC(=O)O)nc2c(F)cccc21. The van der Waals surface area contributed by atoms with Crippen LogP contribution in [-0.4, -0.2) is 26.4 Å². The smallest absolute Gasteiger partial charge is 0.313 e. The Hall–Kier alpha value is -1.56. The molecule has 0 bridgehead atoms. The first-order valence-electron chi connectivity index (χ1n) is 4.99. The van der Waals surface area contributed by atoms with E-state index in [4.69, 9.17) is 5.11 Å². The third-order valence-corrected chi connectivity index (χ3v) is 3.32. The third-order valence-electron chi connectivity index (χ3n) is 2.41. The van der Waals surface area contributed by atoms with E-state index in [1.165, 1.54) is 17.8 Å². The van der Waals surface area contributed by atoms with Gasteiger partial charge in [-0.15, -0.1) is 11.8 Å². The fourth-order valence-corrected chi connectivity index (χ4v) is 2.30. The number of benzene rings is 1. The number of carboxylic acid groups (broad SMARTS) is 1. The maximum Gasteiger partial charge on any atom is 0.313 e. The van der Waals surface area contributed by atoms with Crippen molar-refractivity contribution < 1.29 is 14.3 Å². The molecule has 2 rings (SSSR count). The van der Waals surface area contributed by atoms with E-state index < -0.39 is 5.97 Å². The molecule has 6 heteroatoms. The highest BCUT2D eigenvalue weighted by Gasteiger charge is 2.11. The number of carbonyl (C=O) groups is 1. The summed E-state index contributed by atoms with van der Waals surface area (Å²) in [5.74, 6) is -0.0633. The first kappa shape index (κ1) is 11.9. The van der Waals surface area contributed by atoms with Crippen LogP contribution in [0.2, 0.25) is 0 Å². The maximum atomic E-state index is 13.5. The van der Waals surface area contributed by atoms with Crippen LogP contribution in [0.3, 0.4) is 0 Å². The van der Waals surface area contributed by atoms with Crippen LogP contribution < -0.4 is 0 Å². The van der Waals surface area contributed by atoms with Crippen LogP contribution in [0.4, 0.5) is 4.39 Å². The quantitative estimate of drug-likeness (QED) is 0.907. The van der Waals surface area contributed by atoms with Crippen LogP contribution in [0.25, 0.3) is 11.0 Å². The fraction of sp³-hybridized carbons (Fsp3) is 0.273. The van der Waals surface area contributed by atoms with Gasteiger partial charge in [-0.1, -0.05) is 6.07 Å². The van der Waals surface area contributed by atoms with Gasteiger partial charge in [-0.3, -0.25) is 4.79 Å². The van der Waals surface area contributed by atoms with Crippen molar-refractivity contribution in [2.75, 3.05) is 5.75 Å². The first-order chi connectivity index (χ1) is 8.09. The molecule has 0 aliphatic rings. The Bertz CT molecular complexity index is 568. The van der Waals surface area contributed by atoms with Gasteiger partial charge in [-0.2, -0.15) is 0 Å². The number of halogens is 1. The number of aliphatic carboxylic acids is 1. The van der Waals surface area contributed by atoms with Gasteiger partial charge in [0.15, 0.2) is 5.82 Å². The molecule has 0 amide bonds. The molecule has 17 heavy (non-hydrogen) atoms. The largest absolute Gasteiger partial charge is 0.481 e. The van der Waals surface area contributed by atoms with Gasteiger partial charge in [0.2, 0.25) is 0 Å². The summed E-state index contributed by atoms with van der Waals surface area (Å²) < 4.78 is 15.2. The number of aryl methyl sites for hydroxylation is 1. The zero-order valence-electron chi connectivity index (χ0n) is 9.18. The van der Waals surface area contributed by atoms with Gasteiger partial charge in [0.05, 0.1) is 17.0 Å². The standard InChI is InChI=1S/C11H11FN2O2S/c1-14-8-4-2-3-7(12)11(8)13-9(14)5-17-6-10(15)16/h2-4H,5-6H2,1H3,(H,15,16). The average Bonchev–Trinajstić information content (AvgIpc) is 2.58. The highest BCUT2D eigenvalue weighted by Crippen LogP contribution is 2.20. The van der Waals surface area contributed by atoms with Gasteiger partial charge in [-0.25, -0.2) is 9.37 Å². The number of aromatic nitrogens is 2. The first-order valence-corrected chi connectivity index (χ1v) is 6.14. The van der Waals surface area contributed by atoms with Crippen LogP contribution in [-0.2, 0) is 17.6 Å². The Balaban J connectivity index is 2.26. The van der Waals surface area contributed by atoms with E-state index in [9.17, 15) is 9.18 Å². The molecule has 2 aromatic rings.